The minimum absolute atomic E-state index is 0.153. The summed E-state index contributed by atoms with van der Waals surface area (Å²) in [6.45, 7) is 2.54. The van der Waals surface area contributed by atoms with Gasteiger partial charge in [-0.25, -0.2) is 0 Å². The number of hydrogen-bond acceptors (Lipinski definition) is 7. The van der Waals surface area contributed by atoms with Gasteiger partial charge in [-0.1, -0.05) is 30.3 Å². The van der Waals surface area contributed by atoms with Crippen molar-refractivity contribution >= 4 is 17.7 Å². The molecule has 7 rings (SSSR count). The molecule has 2 atom stereocenters. The molecule has 224 valence electrons. The number of hydrogen-bond donors (Lipinski definition) is 2. The van der Waals surface area contributed by atoms with Gasteiger partial charge in [0.2, 0.25) is 0 Å². The van der Waals surface area contributed by atoms with Crippen LogP contribution >= 0.6 is 0 Å². The average molecular weight is 593 g/mol. The zero-order chi connectivity index (χ0) is 30.6. The Morgan fingerprint density at radius 1 is 0.977 bits per heavy atom. The number of aromatic nitrogens is 1. The largest absolute Gasteiger partial charge is 0.493 e. The van der Waals surface area contributed by atoms with Crippen LogP contribution in [0, 0.1) is 6.92 Å². The summed E-state index contributed by atoms with van der Waals surface area (Å²) < 4.78 is 17.8. The van der Waals surface area contributed by atoms with Crippen molar-refractivity contribution in [2.75, 3.05) is 26.8 Å². The molecule has 3 aliphatic rings. The van der Waals surface area contributed by atoms with Crippen LogP contribution in [0.5, 0.6) is 17.2 Å². The van der Waals surface area contributed by atoms with Crippen molar-refractivity contribution in [1.29, 1.82) is 0 Å². The first-order chi connectivity index (χ1) is 21.4. The van der Waals surface area contributed by atoms with Gasteiger partial charge in [0.25, 0.3) is 17.7 Å². The van der Waals surface area contributed by atoms with Gasteiger partial charge >= 0.3 is 0 Å². The molecule has 4 aromatic rings. The molecular weight excluding hydrogens is 560 g/mol. The molecule has 1 aromatic heterocycles. The fourth-order valence-corrected chi connectivity index (χ4v) is 5.41. The molecule has 1 fully saturated rings. The Kier molecular flexibility index (Phi) is 8.14. The summed E-state index contributed by atoms with van der Waals surface area (Å²) in [5, 5.41) is 5.99. The maximum Gasteiger partial charge on any atom is 0.272 e. The van der Waals surface area contributed by atoms with Gasteiger partial charge < -0.3 is 29.7 Å². The molecule has 0 unspecified atom stereocenters. The van der Waals surface area contributed by atoms with Crippen LogP contribution in [-0.2, 0) is 11.3 Å². The fraction of sp³-hybridized carbons (Fsp3) is 0.235. The van der Waals surface area contributed by atoms with Crippen LogP contribution < -0.4 is 24.8 Å². The number of nitrogens with one attached hydrogen (secondary N) is 2. The second kappa shape index (κ2) is 12.5. The van der Waals surface area contributed by atoms with E-state index in [1.165, 1.54) is 7.11 Å². The molecule has 1 saturated heterocycles. The van der Waals surface area contributed by atoms with Gasteiger partial charge in [0, 0.05) is 24.8 Å². The van der Waals surface area contributed by atoms with Crippen molar-refractivity contribution in [1.82, 2.24) is 20.5 Å². The van der Waals surface area contributed by atoms with Crippen molar-refractivity contribution in [3.05, 3.63) is 107 Å². The summed E-state index contributed by atoms with van der Waals surface area (Å²) in [4.78, 5) is 45.5. The molecule has 3 aromatic carbocycles. The highest BCUT2D eigenvalue weighted by atomic mass is 16.5. The first-order valence-corrected chi connectivity index (χ1v) is 14.3. The van der Waals surface area contributed by atoms with Crippen molar-refractivity contribution in [2.45, 2.75) is 25.6 Å². The summed E-state index contributed by atoms with van der Waals surface area (Å²) in [6, 6.07) is 22.9. The van der Waals surface area contributed by atoms with Gasteiger partial charge in [0.15, 0.2) is 18.1 Å². The van der Waals surface area contributed by atoms with E-state index < -0.39 is 12.1 Å². The lowest BCUT2D eigenvalue weighted by Crippen LogP contribution is -2.45. The van der Waals surface area contributed by atoms with Gasteiger partial charge in [0.1, 0.15) is 17.5 Å². The molecule has 0 spiro atoms. The van der Waals surface area contributed by atoms with E-state index in [-0.39, 0.29) is 44.0 Å². The van der Waals surface area contributed by atoms with Crippen LogP contribution in [0.4, 0.5) is 0 Å². The second-order valence-corrected chi connectivity index (χ2v) is 10.8. The highest BCUT2D eigenvalue weighted by Crippen LogP contribution is 2.32. The van der Waals surface area contributed by atoms with Gasteiger partial charge in [0.05, 0.1) is 19.7 Å². The van der Waals surface area contributed by atoms with Gasteiger partial charge in [-0.3, -0.25) is 19.4 Å². The van der Waals surface area contributed by atoms with Crippen LogP contribution in [0.25, 0.3) is 11.1 Å². The summed E-state index contributed by atoms with van der Waals surface area (Å²) in [5.74, 6) is 0.633. The molecule has 0 aliphatic carbocycles. The standard InChI is InChI=1S/C34H32N4O6/c1-21-9-11-24-16-26(21)23-6-5-7-25(15-23)43-20-32(39)36-17-22-10-12-29(30(14-22)42-2)44-31-19-38(18-28(31)37-33(24)40)34(41)27-8-3-4-13-35-27/h3-16,28,31H,17-20H2,1-2H3,(H,36,39)(H,37,40)/t28-,31-/m0/s1. The topological polar surface area (TPSA) is 119 Å². The molecule has 2 N–H and O–H groups in total. The molecule has 4 heterocycles. The molecule has 0 radical (unpaired) electrons. The Labute approximate surface area is 255 Å². The smallest absolute Gasteiger partial charge is 0.272 e. The molecule has 0 saturated carbocycles. The number of ether oxygens (including phenoxy) is 3. The number of nitrogens with zero attached hydrogens (tertiary/aromatic N) is 2. The van der Waals surface area contributed by atoms with Gasteiger partial charge in [-0.15, -0.1) is 0 Å². The Morgan fingerprint density at radius 3 is 2.68 bits per heavy atom. The van der Waals surface area contributed by atoms with E-state index in [0.29, 0.717) is 28.5 Å². The lowest BCUT2D eigenvalue weighted by molar-refractivity contribution is -0.123. The highest BCUT2D eigenvalue weighted by Gasteiger charge is 2.39. The van der Waals surface area contributed by atoms with E-state index in [1.54, 1.807) is 53.6 Å². The number of rotatable bonds is 2. The van der Waals surface area contributed by atoms with E-state index in [2.05, 4.69) is 15.6 Å². The third kappa shape index (κ3) is 6.19. The predicted octanol–water partition coefficient (Wildman–Crippen LogP) is 3.78. The van der Waals surface area contributed by atoms with Crippen LogP contribution in [0.15, 0.2) is 85.1 Å². The number of aryl methyl sites for hydroxylation is 1. The maximum atomic E-state index is 13.7. The molecule has 3 aliphatic heterocycles. The average Bonchev–Trinajstić information content (AvgIpc) is 3.44. The Balaban J connectivity index is 1.36. The zero-order valence-corrected chi connectivity index (χ0v) is 24.4. The third-order valence-electron chi connectivity index (χ3n) is 7.76. The first kappa shape index (κ1) is 28.7. The van der Waals surface area contributed by atoms with Crippen molar-refractivity contribution in [2.24, 2.45) is 0 Å². The zero-order valence-electron chi connectivity index (χ0n) is 24.4. The predicted molar refractivity (Wildman–Crippen MR) is 163 cm³/mol. The van der Waals surface area contributed by atoms with Crippen molar-refractivity contribution in [3.8, 4) is 28.4 Å². The van der Waals surface area contributed by atoms with E-state index in [1.807, 2.05) is 43.3 Å². The summed E-state index contributed by atoms with van der Waals surface area (Å²) in [5.41, 5.74) is 4.26. The van der Waals surface area contributed by atoms with Gasteiger partial charge in [-0.2, -0.15) is 0 Å². The van der Waals surface area contributed by atoms with Crippen molar-refractivity contribution < 1.29 is 28.6 Å². The summed E-state index contributed by atoms with van der Waals surface area (Å²) in [7, 11) is 1.53. The Morgan fingerprint density at radius 2 is 1.86 bits per heavy atom. The number of carbonyl (C=O) groups is 3. The normalized spacial score (nSPS) is 18.3. The number of carbonyl (C=O) groups excluding carboxylic acids is 3. The summed E-state index contributed by atoms with van der Waals surface area (Å²) in [6.07, 6.45) is 0.999. The van der Waals surface area contributed by atoms with E-state index in [0.717, 1.165) is 22.3 Å². The molecule has 6 bridgehead atoms. The quantitative estimate of drug-likeness (QED) is 0.364. The number of benzene rings is 3. The Hall–Kier alpha value is -5.38. The monoisotopic (exact) mass is 592 g/mol. The Bertz CT molecular complexity index is 1710. The van der Waals surface area contributed by atoms with E-state index in [9.17, 15) is 14.4 Å². The van der Waals surface area contributed by atoms with Crippen molar-refractivity contribution in [3.63, 3.8) is 0 Å². The van der Waals surface area contributed by atoms with Gasteiger partial charge in [-0.05, 0) is 77.7 Å². The van der Waals surface area contributed by atoms with Crippen LogP contribution in [-0.4, -0.2) is 66.6 Å². The molecule has 44 heavy (non-hydrogen) atoms. The van der Waals surface area contributed by atoms with Crippen LogP contribution in [0.1, 0.15) is 32.0 Å². The highest BCUT2D eigenvalue weighted by molar-refractivity contribution is 5.96. The van der Waals surface area contributed by atoms with E-state index in [4.69, 9.17) is 14.2 Å². The lowest BCUT2D eigenvalue weighted by Gasteiger charge is -2.23. The maximum absolute atomic E-state index is 13.7. The number of pyridine rings is 1. The minimum atomic E-state index is -0.574. The molecular formula is C34H32N4O6. The minimum Gasteiger partial charge on any atom is -0.493 e. The van der Waals surface area contributed by atoms with Crippen LogP contribution in [0.3, 0.4) is 0 Å². The first-order valence-electron chi connectivity index (χ1n) is 14.3. The lowest BCUT2D eigenvalue weighted by atomic mass is 9.97. The van der Waals surface area contributed by atoms with Crippen LogP contribution in [0.2, 0.25) is 0 Å². The second-order valence-electron chi connectivity index (χ2n) is 10.8. The molecule has 3 amide bonds. The van der Waals surface area contributed by atoms with E-state index >= 15 is 0 Å². The molecule has 10 heteroatoms. The third-order valence-corrected chi connectivity index (χ3v) is 7.76. The fourth-order valence-electron chi connectivity index (χ4n) is 5.41. The number of methoxy groups -OCH3 is 1. The number of likely N-dealkylation sites (tertiary alicyclic amines) is 1. The number of fused-ring (bicyclic) bond motifs is 7. The number of amides is 3. The molecule has 10 nitrogen and oxygen atoms in total. The SMILES string of the molecule is COc1cc2ccc1O[C@H]1CN(C(=O)c3ccccn3)C[C@@H]1NC(=O)c1ccc(C)c(c1)-c1cccc(c1)OCC(=O)NC2. The summed E-state index contributed by atoms with van der Waals surface area (Å²) >= 11 is 0.